The molecule has 1 unspecified atom stereocenters. The number of quaternary nitrogens is 1. The number of hydrogen-bond donors (Lipinski definition) is 1. The van der Waals surface area contributed by atoms with Crippen LogP contribution in [-0.2, 0) is 32.7 Å². The summed E-state index contributed by atoms with van der Waals surface area (Å²) in [5.41, 5.74) is 0. The molecule has 0 aromatic rings. The van der Waals surface area contributed by atoms with Crippen LogP contribution >= 0.6 is 7.82 Å². The smallest absolute Gasteiger partial charge is 0.462 e. The van der Waals surface area contributed by atoms with Crippen molar-refractivity contribution in [2.75, 3.05) is 47.5 Å². The van der Waals surface area contributed by atoms with Gasteiger partial charge in [0.2, 0.25) is 0 Å². The molecule has 9 nitrogen and oxygen atoms in total. The van der Waals surface area contributed by atoms with Crippen molar-refractivity contribution in [2.45, 2.75) is 277 Å². The van der Waals surface area contributed by atoms with Crippen molar-refractivity contribution in [3.63, 3.8) is 0 Å². The van der Waals surface area contributed by atoms with Gasteiger partial charge in [0.05, 0.1) is 27.7 Å². The van der Waals surface area contributed by atoms with E-state index in [1.54, 1.807) is 0 Å². The fourth-order valence-corrected chi connectivity index (χ4v) is 8.89. The zero-order valence-corrected chi connectivity index (χ0v) is 46.2. The SMILES string of the molecule is CCCCCCCC/C=C/CCCCCCCCCCCCCC(=O)OC[C@H](COP(=O)(O)OCC[N+](C)(C)C)OC(=O)CCC/C=C/CC/C=C/CCCCCCCCCCCCCCCC. The Bertz CT molecular complexity index is 1250. The third kappa shape index (κ3) is 53.6. The number of unbranched alkanes of at least 4 members (excludes halogenated alkanes) is 33. The van der Waals surface area contributed by atoms with E-state index in [4.69, 9.17) is 18.5 Å². The molecule has 0 saturated carbocycles. The molecule has 400 valence electrons. The summed E-state index contributed by atoms with van der Waals surface area (Å²) in [7, 11) is 1.46. The number of hydrogen-bond acceptors (Lipinski definition) is 7. The van der Waals surface area contributed by atoms with Gasteiger partial charge < -0.3 is 18.9 Å². The number of rotatable bonds is 53. The number of carbonyl (C=O) groups excluding carboxylic acids is 2. The monoisotopic (exact) mass is 981 g/mol. The Morgan fingerprint density at radius 2 is 0.779 bits per heavy atom. The van der Waals surface area contributed by atoms with Crippen LogP contribution in [0.1, 0.15) is 271 Å². The van der Waals surface area contributed by atoms with Crippen LogP contribution in [0.25, 0.3) is 0 Å². The van der Waals surface area contributed by atoms with E-state index in [0.717, 1.165) is 44.9 Å². The zero-order chi connectivity index (χ0) is 49.9. The molecule has 1 N–H and O–H groups in total. The topological polar surface area (TPSA) is 108 Å². The largest absolute Gasteiger partial charge is 0.472 e. The Labute approximate surface area is 421 Å². The van der Waals surface area contributed by atoms with Crippen LogP contribution < -0.4 is 0 Å². The molecule has 0 radical (unpaired) electrons. The fraction of sp³-hybridized carbons (Fsp3) is 0.862. The molecule has 10 heteroatoms. The second-order valence-electron chi connectivity index (χ2n) is 20.7. The summed E-state index contributed by atoms with van der Waals surface area (Å²) in [5.74, 6) is -0.838. The molecular weight excluding hydrogens is 870 g/mol. The average Bonchev–Trinajstić information content (AvgIpc) is 3.30. The first-order valence-electron chi connectivity index (χ1n) is 28.7. The van der Waals surface area contributed by atoms with Gasteiger partial charge in [-0.25, -0.2) is 4.57 Å². The maximum atomic E-state index is 12.8. The van der Waals surface area contributed by atoms with Gasteiger partial charge in [-0.15, -0.1) is 0 Å². The summed E-state index contributed by atoms with van der Waals surface area (Å²) < 4.78 is 34.5. The molecule has 0 aliphatic rings. The van der Waals surface area contributed by atoms with Crippen LogP contribution in [0.4, 0.5) is 0 Å². The molecule has 0 bridgehead atoms. The van der Waals surface area contributed by atoms with E-state index < -0.39 is 26.5 Å². The summed E-state index contributed by atoms with van der Waals surface area (Å²) in [5, 5.41) is 0. The lowest BCUT2D eigenvalue weighted by Crippen LogP contribution is -2.37. The molecule has 0 spiro atoms. The summed E-state index contributed by atoms with van der Waals surface area (Å²) in [6.45, 7) is 4.43. The van der Waals surface area contributed by atoms with Gasteiger partial charge in [0.15, 0.2) is 6.10 Å². The van der Waals surface area contributed by atoms with Crippen molar-refractivity contribution in [2.24, 2.45) is 0 Å². The van der Waals surface area contributed by atoms with E-state index in [0.29, 0.717) is 17.4 Å². The van der Waals surface area contributed by atoms with Gasteiger partial charge in [-0.1, -0.05) is 224 Å². The lowest BCUT2D eigenvalue weighted by molar-refractivity contribution is -0.870. The van der Waals surface area contributed by atoms with Gasteiger partial charge in [-0.2, -0.15) is 0 Å². The molecule has 0 fully saturated rings. The van der Waals surface area contributed by atoms with Gasteiger partial charge in [-0.05, 0) is 70.6 Å². The molecule has 0 aromatic heterocycles. The number of likely N-dealkylation sites (N-methyl/N-ethyl adjacent to an activating group) is 1. The summed E-state index contributed by atoms with van der Waals surface area (Å²) in [6.07, 6.45) is 60.8. The van der Waals surface area contributed by atoms with Crippen LogP contribution in [0, 0.1) is 0 Å². The minimum atomic E-state index is -4.39. The van der Waals surface area contributed by atoms with Gasteiger partial charge in [0.1, 0.15) is 19.8 Å². The highest BCUT2D eigenvalue weighted by molar-refractivity contribution is 7.47. The van der Waals surface area contributed by atoms with E-state index in [-0.39, 0.29) is 32.0 Å². The van der Waals surface area contributed by atoms with E-state index >= 15 is 0 Å². The summed E-state index contributed by atoms with van der Waals surface area (Å²) in [4.78, 5) is 35.6. The predicted molar refractivity (Wildman–Crippen MR) is 289 cm³/mol. The predicted octanol–water partition coefficient (Wildman–Crippen LogP) is 17.6. The second-order valence-corrected chi connectivity index (χ2v) is 22.1. The Morgan fingerprint density at radius 1 is 0.441 bits per heavy atom. The van der Waals surface area contributed by atoms with Crippen molar-refractivity contribution in [1.29, 1.82) is 0 Å². The van der Waals surface area contributed by atoms with Crippen molar-refractivity contribution >= 4 is 19.8 Å². The molecule has 0 aliphatic carbocycles. The number of phosphoric ester groups is 1. The normalized spacial score (nSPS) is 13.6. The second kappa shape index (κ2) is 50.2. The highest BCUT2D eigenvalue weighted by atomic mass is 31.2. The molecule has 0 aliphatic heterocycles. The van der Waals surface area contributed by atoms with Crippen molar-refractivity contribution in [3.8, 4) is 0 Å². The van der Waals surface area contributed by atoms with Crippen LogP contribution in [0.5, 0.6) is 0 Å². The van der Waals surface area contributed by atoms with E-state index in [1.165, 1.54) is 193 Å². The van der Waals surface area contributed by atoms with E-state index in [1.807, 2.05) is 21.1 Å². The van der Waals surface area contributed by atoms with Crippen LogP contribution in [0.15, 0.2) is 36.5 Å². The average molecular weight is 981 g/mol. The molecule has 2 atom stereocenters. The maximum Gasteiger partial charge on any atom is 0.472 e. The van der Waals surface area contributed by atoms with E-state index in [2.05, 4.69) is 50.3 Å². The lowest BCUT2D eigenvalue weighted by Gasteiger charge is -2.24. The summed E-state index contributed by atoms with van der Waals surface area (Å²) in [6, 6.07) is 0. The molecule has 0 rings (SSSR count). The minimum Gasteiger partial charge on any atom is -0.462 e. The Morgan fingerprint density at radius 3 is 1.18 bits per heavy atom. The number of phosphoric acid groups is 1. The first-order valence-corrected chi connectivity index (χ1v) is 30.2. The quantitative estimate of drug-likeness (QED) is 0.0211. The van der Waals surface area contributed by atoms with Gasteiger partial charge in [0, 0.05) is 12.8 Å². The molecule has 0 amide bonds. The van der Waals surface area contributed by atoms with Crippen molar-refractivity contribution in [1.82, 2.24) is 0 Å². The van der Waals surface area contributed by atoms with Crippen molar-refractivity contribution < 1.29 is 42.1 Å². The lowest BCUT2D eigenvalue weighted by atomic mass is 10.0. The highest BCUT2D eigenvalue weighted by Gasteiger charge is 2.27. The first-order chi connectivity index (χ1) is 33.0. The standard InChI is InChI=1S/C58H110NO8P/c1-6-8-10-12-14-16-18-20-22-24-26-28-29-31-33-35-37-39-41-43-45-47-49-51-58(61)67-56(55-66-68(62,63)65-53-52-59(3,4)5)54-64-57(60)50-48-46-44-42-40-38-36-34-32-30-27-25-23-21-19-17-15-13-11-9-7-2/h21,23,35,37,43,45,56H,6-20,22,24-34,36,38-42,44,46-55H2,1-5H3/p+1/b23-21+,37-35+,45-43+/t56-/m1/s1. The van der Waals surface area contributed by atoms with Crippen molar-refractivity contribution in [3.05, 3.63) is 36.5 Å². The van der Waals surface area contributed by atoms with Gasteiger partial charge >= 0.3 is 19.8 Å². The highest BCUT2D eigenvalue weighted by Crippen LogP contribution is 2.43. The van der Waals surface area contributed by atoms with Crippen LogP contribution in [-0.4, -0.2) is 74.9 Å². The molecule has 68 heavy (non-hydrogen) atoms. The Balaban J connectivity index is 4.22. The molecule has 0 heterocycles. The van der Waals surface area contributed by atoms with Crippen LogP contribution in [0.2, 0.25) is 0 Å². The number of carbonyl (C=O) groups is 2. The fourth-order valence-electron chi connectivity index (χ4n) is 8.15. The summed E-state index contributed by atoms with van der Waals surface area (Å²) >= 11 is 0. The zero-order valence-electron chi connectivity index (χ0n) is 45.4. The number of allylic oxidation sites excluding steroid dienone is 6. The molecular formula is C58H111NO8P+. The van der Waals surface area contributed by atoms with Gasteiger partial charge in [0.25, 0.3) is 0 Å². The van der Waals surface area contributed by atoms with Gasteiger partial charge in [-0.3, -0.25) is 18.6 Å². The number of nitrogens with zero attached hydrogens (tertiary/aromatic N) is 1. The Hall–Kier alpha value is -1.77. The molecule has 0 saturated heterocycles. The number of ether oxygens (including phenoxy) is 2. The van der Waals surface area contributed by atoms with E-state index in [9.17, 15) is 19.0 Å². The number of esters is 2. The molecule has 0 aromatic carbocycles. The minimum absolute atomic E-state index is 0.0255. The van der Waals surface area contributed by atoms with Crippen LogP contribution in [0.3, 0.4) is 0 Å². The third-order valence-corrected chi connectivity index (χ3v) is 13.6. The first kappa shape index (κ1) is 66.2. The maximum absolute atomic E-state index is 12.8. The third-order valence-electron chi connectivity index (χ3n) is 12.6. The Kier molecular flexibility index (Phi) is 48.9.